The normalized spacial score (nSPS) is 10.4. The summed E-state index contributed by atoms with van der Waals surface area (Å²) in [5.74, 6) is 2.04. The average Bonchev–Trinajstić information content (AvgIpc) is 2.43. The molecule has 0 unspecified atom stereocenters. The first-order chi connectivity index (χ1) is 9.62. The highest BCUT2D eigenvalue weighted by atomic mass is 35.5. The fraction of sp³-hybridized carbons (Fsp3) is 0.286. The second-order valence-corrected chi connectivity index (χ2v) is 4.76. The molecule has 0 radical (unpaired) electrons. The second kappa shape index (κ2) is 6.54. The molecule has 1 aromatic heterocycles. The van der Waals surface area contributed by atoms with Crippen molar-refractivity contribution in [3.63, 3.8) is 0 Å². The van der Waals surface area contributed by atoms with Gasteiger partial charge in [0.25, 0.3) is 0 Å². The van der Waals surface area contributed by atoms with Crippen LogP contribution < -0.4 is 10.6 Å². The lowest BCUT2D eigenvalue weighted by Crippen LogP contribution is -2.05. The summed E-state index contributed by atoms with van der Waals surface area (Å²) in [6.07, 6.45) is 0. The molecule has 1 aromatic carbocycles. The van der Waals surface area contributed by atoms with Gasteiger partial charge < -0.3 is 15.4 Å². The molecule has 0 amide bonds. The first-order valence-electron chi connectivity index (χ1n) is 6.20. The number of hydrogen-bond donors (Lipinski definition) is 2. The van der Waals surface area contributed by atoms with Crippen LogP contribution in [0, 0.1) is 6.92 Å². The number of nitrogens with one attached hydrogen (secondary N) is 2. The molecule has 2 aromatic rings. The van der Waals surface area contributed by atoms with Crippen LogP contribution in [0.3, 0.4) is 0 Å². The van der Waals surface area contributed by atoms with E-state index in [0.717, 1.165) is 17.1 Å². The van der Waals surface area contributed by atoms with Gasteiger partial charge in [0.1, 0.15) is 18.2 Å². The highest BCUT2D eigenvalue weighted by Crippen LogP contribution is 2.24. The van der Waals surface area contributed by atoms with Crippen molar-refractivity contribution in [2.75, 3.05) is 24.8 Å². The molecule has 0 fully saturated rings. The van der Waals surface area contributed by atoms with Crippen LogP contribution in [0.4, 0.5) is 17.3 Å². The molecule has 2 rings (SSSR count). The van der Waals surface area contributed by atoms with Crippen LogP contribution in [-0.4, -0.2) is 24.1 Å². The summed E-state index contributed by atoms with van der Waals surface area (Å²) >= 11 is 6.02. The van der Waals surface area contributed by atoms with E-state index in [1.165, 1.54) is 0 Å². The monoisotopic (exact) mass is 292 g/mol. The van der Waals surface area contributed by atoms with E-state index in [2.05, 4.69) is 20.6 Å². The Labute approximate surface area is 123 Å². The number of rotatable bonds is 5. The maximum Gasteiger partial charge on any atom is 0.158 e. The predicted octanol–water partition coefficient (Wildman–Crippen LogP) is 3.37. The van der Waals surface area contributed by atoms with Gasteiger partial charge in [0.05, 0.1) is 0 Å². The average molecular weight is 293 g/mol. The number of aromatic nitrogens is 2. The molecule has 0 bridgehead atoms. The van der Waals surface area contributed by atoms with Crippen molar-refractivity contribution in [3.05, 3.63) is 40.7 Å². The third-order valence-corrected chi connectivity index (χ3v) is 3.00. The Morgan fingerprint density at radius 3 is 2.65 bits per heavy atom. The Morgan fingerprint density at radius 2 is 1.95 bits per heavy atom. The second-order valence-electron chi connectivity index (χ2n) is 4.32. The molecule has 0 saturated heterocycles. The van der Waals surface area contributed by atoms with Gasteiger partial charge in [-0.05, 0) is 24.6 Å². The fourth-order valence-corrected chi connectivity index (χ4v) is 1.92. The Bertz CT molecular complexity index is 604. The topological polar surface area (TPSA) is 59.1 Å². The molecule has 0 aliphatic heterocycles. The largest absolute Gasteiger partial charge is 0.377 e. The van der Waals surface area contributed by atoms with Gasteiger partial charge in [-0.1, -0.05) is 17.7 Å². The van der Waals surface area contributed by atoms with Gasteiger partial charge >= 0.3 is 0 Å². The lowest BCUT2D eigenvalue weighted by Gasteiger charge is -2.11. The van der Waals surface area contributed by atoms with E-state index < -0.39 is 0 Å². The van der Waals surface area contributed by atoms with Gasteiger partial charge in [-0.3, -0.25) is 0 Å². The number of hydrogen-bond acceptors (Lipinski definition) is 5. The summed E-state index contributed by atoms with van der Waals surface area (Å²) in [5, 5.41) is 6.94. The summed E-state index contributed by atoms with van der Waals surface area (Å²) in [5.41, 5.74) is 2.01. The molecule has 20 heavy (non-hydrogen) atoms. The first-order valence-corrected chi connectivity index (χ1v) is 6.58. The Balaban J connectivity index is 2.32. The van der Waals surface area contributed by atoms with Gasteiger partial charge in [0.2, 0.25) is 0 Å². The lowest BCUT2D eigenvalue weighted by molar-refractivity contribution is 0.178. The highest BCUT2D eigenvalue weighted by molar-refractivity contribution is 6.30. The Kier molecular flexibility index (Phi) is 4.76. The van der Waals surface area contributed by atoms with Gasteiger partial charge in [-0.25, -0.2) is 9.97 Å². The predicted molar refractivity (Wildman–Crippen MR) is 81.8 cm³/mol. The molecule has 0 aliphatic rings. The van der Waals surface area contributed by atoms with Crippen molar-refractivity contribution in [1.29, 1.82) is 0 Å². The first kappa shape index (κ1) is 14.6. The molecule has 0 aliphatic carbocycles. The minimum absolute atomic E-state index is 0.360. The molecule has 0 atom stereocenters. The number of ether oxygens (including phenoxy) is 1. The van der Waals surface area contributed by atoms with Crippen molar-refractivity contribution in [1.82, 2.24) is 9.97 Å². The third kappa shape index (κ3) is 3.59. The van der Waals surface area contributed by atoms with Crippen molar-refractivity contribution in [2.24, 2.45) is 0 Å². The van der Waals surface area contributed by atoms with E-state index in [4.69, 9.17) is 16.3 Å². The molecule has 5 nitrogen and oxygen atoms in total. The van der Waals surface area contributed by atoms with Crippen molar-refractivity contribution in [3.8, 4) is 0 Å². The lowest BCUT2D eigenvalue weighted by atomic mass is 10.2. The number of halogens is 1. The van der Waals surface area contributed by atoms with Gasteiger partial charge in [0, 0.05) is 30.9 Å². The summed E-state index contributed by atoms with van der Waals surface area (Å²) in [6, 6.07) is 7.52. The van der Waals surface area contributed by atoms with Gasteiger partial charge in [0.15, 0.2) is 5.82 Å². The SMILES string of the molecule is CNc1cc(Nc2cc(Cl)ccc2C)nc(COC)n1. The minimum atomic E-state index is 0.360. The summed E-state index contributed by atoms with van der Waals surface area (Å²) in [7, 11) is 3.43. The van der Waals surface area contributed by atoms with E-state index >= 15 is 0 Å². The third-order valence-electron chi connectivity index (χ3n) is 2.76. The van der Waals surface area contributed by atoms with Crippen LogP contribution in [0.15, 0.2) is 24.3 Å². The minimum Gasteiger partial charge on any atom is -0.377 e. The standard InChI is InChI=1S/C14H17ClN4O/c1-9-4-5-10(15)6-11(9)17-13-7-12(16-2)18-14(19-13)8-20-3/h4-7H,8H2,1-3H3,(H2,16,17,18,19). The van der Waals surface area contributed by atoms with E-state index in [-0.39, 0.29) is 0 Å². The molecule has 106 valence electrons. The number of methoxy groups -OCH3 is 1. The van der Waals surface area contributed by atoms with Crippen LogP contribution in [0.2, 0.25) is 5.02 Å². The van der Waals surface area contributed by atoms with E-state index in [1.807, 2.05) is 38.2 Å². The van der Waals surface area contributed by atoms with Crippen LogP contribution in [0.1, 0.15) is 11.4 Å². The Morgan fingerprint density at radius 1 is 1.20 bits per heavy atom. The number of benzene rings is 1. The molecular weight excluding hydrogens is 276 g/mol. The van der Waals surface area contributed by atoms with Crippen LogP contribution >= 0.6 is 11.6 Å². The smallest absolute Gasteiger partial charge is 0.158 e. The number of nitrogens with zero attached hydrogens (tertiary/aromatic N) is 2. The molecule has 1 heterocycles. The van der Waals surface area contributed by atoms with Crippen molar-refractivity contribution in [2.45, 2.75) is 13.5 Å². The zero-order valence-corrected chi connectivity index (χ0v) is 12.5. The maximum absolute atomic E-state index is 6.02. The number of aryl methyl sites for hydroxylation is 1. The molecule has 0 saturated carbocycles. The summed E-state index contributed by atoms with van der Waals surface area (Å²) in [6.45, 7) is 2.37. The highest BCUT2D eigenvalue weighted by Gasteiger charge is 2.06. The maximum atomic E-state index is 6.02. The quantitative estimate of drug-likeness (QED) is 0.885. The fourth-order valence-electron chi connectivity index (χ4n) is 1.75. The zero-order chi connectivity index (χ0) is 14.5. The van der Waals surface area contributed by atoms with Crippen molar-refractivity contribution >= 4 is 28.9 Å². The van der Waals surface area contributed by atoms with Crippen LogP contribution in [-0.2, 0) is 11.3 Å². The summed E-state index contributed by atoms with van der Waals surface area (Å²) in [4.78, 5) is 8.72. The van der Waals surface area contributed by atoms with Gasteiger partial charge in [-0.2, -0.15) is 0 Å². The summed E-state index contributed by atoms with van der Waals surface area (Å²) < 4.78 is 5.07. The van der Waals surface area contributed by atoms with Crippen LogP contribution in [0.5, 0.6) is 0 Å². The van der Waals surface area contributed by atoms with Crippen molar-refractivity contribution < 1.29 is 4.74 Å². The van der Waals surface area contributed by atoms with Gasteiger partial charge in [-0.15, -0.1) is 0 Å². The molecular formula is C14H17ClN4O. The number of anilines is 3. The Hall–Kier alpha value is -1.85. The van der Waals surface area contributed by atoms with E-state index in [1.54, 1.807) is 7.11 Å². The zero-order valence-electron chi connectivity index (χ0n) is 11.7. The molecule has 0 spiro atoms. The van der Waals surface area contributed by atoms with E-state index in [9.17, 15) is 0 Å². The molecule has 2 N–H and O–H groups in total. The van der Waals surface area contributed by atoms with Crippen LogP contribution in [0.25, 0.3) is 0 Å². The molecule has 6 heteroatoms. The van der Waals surface area contributed by atoms with E-state index in [0.29, 0.717) is 23.3 Å².